The highest BCUT2D eigenvalue weighted by Crippen LogP contribution is 2.32. The highest BCUT2D eigenvalue weighted by molar-refractivity contribution is 7.16. The van der Waals surface area contributed by atoms with Crippen LogP contribution in [0.2, 0.25) is 0 Å². The van der Waals surface area contributed by atoms with Crippen molar-refractivity contribution in [3.05, 3.63) is 47.9 Å². The zero-order chi connectivity index (χ0) is 14.9. The van der Waals surface area contributed by atoms with Crippen molar-refractivity contribution in [3.8, 4) is 0 Å². The lowest BCUT2D eigenvalue weighted by Crippen LogP contribution is -2.34. The third kappa shape index (κ3) is 2.35. The van der Waals surface area contributed by atoms with E-state index in [0.717, 1.165) is 41.1 Å². The number of urea groups is 1. The Bertz CT molecular complexity index is 797. The minimum Gasteiger partial charge on any atom is -0.467 e. The molecule has 3 aromatic rings. The Balaban J connectivity index is 1.53. The normalized spacial score (nSPS) is 18.0. The third-order valence-corrected chi connectivity index (χ3v) is 4.76. The lowest BCUT2D eigenvalue weighted by atomic mass is 10.2. The number of carbonyl (C=O) groups excluding carboxylic acids is 1. The molecule has 0 bridgehead atoms. The minimum absolute atomic E-state index is 0.0298. The summed E-state index contributed by atoms with van der Waals surface area (Å²) in [6, 6.07) is 9.52. The van der Waals surface area contributed by atoms with E-state index in [1.54, 1.807) is 17.6 Å². The molecule has 1 aromatic carbocycles. The van der Waals surface area contributed by atoms with Crippen molar-refractivity contribution >= 4 is 33.3 Å². The van der Waals surface area contributed by atoms with Gasteiger partial charge in [0.25, 0.3) is 0 Å². The van der Waals surface area contributed by atoms with Crippen LogP contribution in [0, 0.1) is 0 Å². The van der Waals surface area contributed by atoms with Gasteiger partial charge in [0, 0.05) is 12.2 Å². The van der Waals surface area contributed by atoms with Gasteiger partial charge in [0.1, 0.15) is 5.76 Å². The van der Waals surface area contributed by atoms with E-state index in [4.69, 9.17) is 4.42 Å². The zero-order valence-electron chi connectivity index (χ0n) is 11.9. The second-order valence-corrected chi connectivity index (χ2v) is 6.22. The van der Waals surface area contributed by atoms with Crippen LogP contribution in [-0.4, -0.2) is 22.5 Å². The Morgan fingerprint density at radius 2 is 2.36 bits per heavy atom. The number of hydrogen-bond donors (Lipinski definition) is 1. The summed E-state index contributed by atoms with van der Waals surface area (Å²) in [5.41, 5.74) is 3.56. The number of nitrogens with zero attached hydrogens (tertiary/aromatic N) is 2. The van der Waals surface area contributed by atoms with E-state index in [0.29, 0.717) is 0 Å². The second-order valence-electron chi connectivity index (χ2n) is 5.33. The van der Waals surface area contributed by atoms with Crippen LogP contribution in [0.25, 0.3) is 10.2 Å². The molecule has 0 aliphatic carbocycles. The first-order valence-electron chi connectivity index (χ1n) is 7.25. The van der Waals surface area contributed by atoms with Crippen molar-refractivity contribution in [2.75, 3.05) is 11.9 Å². The number of carbonyl (C=O) groups is 1. The van der Waals surface area contributed by atoms with Crippen molar-refractivity contribution in [2.24, 2.45) is 0 Å². The molecular weight excluding hydrogens is 298 g/mol. The van der Waals surface area contributed by atoms with Gasteiger partial charge in [0.15, 0.2) is 0 Å². The van der Waals surface area contributed by atoms with E-state index in [1.165, 1.54) is 0 Å². The minimum atomic E-state index is -0.0808. The van der Waals surface area contributed by atoms with Gasteiger partial charge in [-0.1, -0.05) is 0 Å². The van der Waals surface area contributed by atoms with Gasteiger partial charge >= 0.3 is 6.03 Å². The molecule has 1 saturated heterocycles. The molecule has 1 fully saturated rings. The molecule has 2 aromatic heterocycles. The summed E-state index contributed by atoms with van der Waals surface area (Å²) >= 11 is 1.57. The Labute approximate surface area is 131 Å². The molecule has 0 saturated carbocycles. The van der Waals surface area contributed by atoms with E-state index in [9.17, 15) is 4.79 Å². The summed E-state index contributed by atoms with van der Waals surface area (Å²) in [5.74, 6) is 0.852. The van der Waals surface area contributed by atoms with Crippen LogP contribution in [-0.2, 0) is 0 Å². The molecule has 2 amide bonds. The highest BCUT2D eigenvalue weighted by atomic mass is 32.1. The van der Waals surface area contributed by atoms with Gasteiger partial charge in [-0.25, -0.2) is 9.78 Å². The predicted molar refractivity (Wildman–Crippen MR) is 86.0 cm³/mol. The fourth-order valence-electron chi connectivity index (χ4n) is 2.91. The molecule has 0 radical (unpaired) electrons. The molecule has 5 nitrogen and oxygen atoms in total. The van der Waals surface area contributed by atoms with Crippen LogP contribution in [0.4, 0.5) is 10.5 Å². The van der Waals surface area contributed by atoms with Crippen LogP contribution in [0.15, 0.2) is 46.5 Å². The van der Waals surface area contributed by atoms with E-state index >= 15 is 0 Å². The number of nitrogens with one attached hydrogen (secondary N) is 1. The van der Waals surface area contributed by atoms with Crippen molar-refractivity contribution in [1.29, 1.82) is 0 Å². The number of benzene rings is 1. The maximum absolute atomic E-state index is 12.6. The second kappa shape index (κ2) is 5.46. The number of amides is 2. The molecule has 112 valence electrons. The Kier molecular flexibility index (Phi) is 3.31. The molecule has 3 heterocycles. The average molecular weight is 313 g/mol. The number of hydrogen-bond acceptors (Lipinski definition) is 4. The summed E-state index contributed by atoms with van der Waals surface area (Å²) in [5, 5.41) is 2.98. The first-order valence-corrected chi connectivity index (χ1v) is 8.13. The number of aromatic nitrogens is 1. The molecule has 1 aliphatic rings. The summed E-state index contributed by atoms with van der Waals surface area (Å²) in [6.07, 6.45) is 3.59. The van der Waals surface area contributed by atoms with Crippen molar-refractivity contribution in [1.82, 2.24) is 9.88 Å². The number of thiazole rings is 1. The largest absolute Gasteiger partial charge is 0.467 e. The fourth-order valence-corrected chi connectivity index (χ4v) is 3.63. The van der Waals surface area contributed by atoms with E-state index in [-0.39, 0.29) is 12.1 Å². The lowest BCUT2D eigenvalue weighted by Gasteiger charge is -2.23. The van der Waals surface area contributed by atoms with Crippen LogP contribution >= 0.6 is 11.3 Å². The highest BCUT2D eigenvalue weighted by Gasteiger charge is 2.31. The first kappa shape index (κ1) is 13.3. The number of rotatable bonds is 2. The van der Waals surface area contributed by atoms with Crippen molar-refractivity contribution in [3.63, 3.8) is 0 Å². The lowest BCUT2D eigenvalue weighted by molar-refractivity contribution is 0.200. The topological polar surface area (TPSA) is 58.4 Å². The fraction of sp³-hybridized carbons (Fsp3) is 0.250. The monoisotopic (exact) mass is 313 g/mol. The average Bonchev–Trinajstić information content (AvgIpc) is 3.26. The van der Waals surface area contributed by atoms with E-state index in [2.05, 4.69) is 10.3 Å². The van der Waals surface area contributed by atoms with Gasteiger partial charge in [0.2, 0.25) is 0 Å². The molecule has 6 heteroatoms. The number of likely N-dealkylation sites (tertiary alicyclic amines) is 1. The van der Waals surface area contributed by atoms with Gasteiger partial charge in [-0.2, -0.15) is 0 Å². The summed E-state index contributed by atoms with van der Waals surface area (Å²) in [6.45, 7) is 0.750. The van der Waals surface area contributed by atoms with Gasteiger partial charge in [-0.3, -0.25) is 0 Å². The maximum Gasteiger partial charge on any atom is 0.322 e. The van der Waals surface area contributed by atoms with E-state index in [1.807, 2.05) is 40.7 Å². The molecule has 4 rings (SSSR count). The maximum atomic E-state index is 12.6. The quantitative estimate of drug-likeness (QED) is 0.769. The van der Waals surface area contributed by atoms with E-state index < -0.39 is 0 Å². The van der Waals surface area contributed by atoms with Crippen LogP contribution in [0.5, 0.6) is 0 Å². The number of anilines is 1. The zero-order valence-corrected chi connectivity index (χ0v) is 12.7. The first-order chi connectivity index (χ1) is 10.8. The summed E-state index contributed by atoms with van der Waals surface area (Å²) < 4.78 is 6.54. The van der Waals surface area contributed by atoms with Crippen molar-refractivity contribution < 1.29 is 9.21 Å². The predicted octanol–water partition coefficient (Wildman–Crippen LogP) is 4.26. The smallest absolute Gasteiger partial charge is 0.322 e. The molecule has 1 atom stereocenters. The van der Waals surface area contributed by atoms with Gasteiger partial charge in [-0.15, -0.1) is 11.3 Å². The third-order valence-electron chi connectivity index (χ3n) is 3.97. The summed E-state index contributed by atoms with van der Waals surface area (Å²) in [7, 11) is 0. The SMILES string of the molecule is O=C(Nc1ccc2ncsc2c1)N1CCC[C@@H]1c1ccco1. The van der Waals surface area contributed by atoms with Crippen LogP contribution in [0.1, 0.15) is 24.6 Å². The summed E-state index contributed by atoms with van der Waals surface area (Å²) in [4.78, 5) is 18.6. The molecule has 22 heavy (non-hydrogen) atoms. The molecule has 0 unspecified atom stereocenters. The van der Waals surface area contributed by atoms with Gasteiger partial charge in [0.05, 0.1) is 28.0 Å². The molecule has 1 N–H and O–H groups in total. The molecule has 1 aliphatic heterocycles. The Morgan fingerprint density at radius 3 is 3.23 bits per heavy atom. The van der Waals surface area contributed by atoms with Crippen molar-refractivity contribution in [2.45, 2.75) is 18.9 Å². The van der Waals surface area contributed by atoms with Crippen LogP contribution in [0.3, 0.4) is 0 Å². The number of furan rings is 1. The standard InChI is InChI=1S/C16H15N3O2S/c20-16(18-11-5-6-12-15(9-11)22-10-17-12)19-7-1-3-13(19)14-4-2-8-21-14/h2,4-6,8-10,13H,1,3,7H2,(H,18,20)/t13-/m1/s1. The Hall–Kier alpha value is -2.34. The molecular formula is C16H15N3O2S. The Morgan fingerprint density at radius 1 is 1.41 bits per heavy atom. The van der Waals surface area contributed by atoms with Gasteiger partial charge < -0.3 is 14.6 Å². The number of fused-ring (bicyclic) bond motifs is 1. The van der Waals surface area contributed by atoms with Gasteiger partial charge in [-0.05, 0) is 43.2 Å². The molecule has 0 spiro atoms. The van der Waals surface area contributed by atoms with Crippen LogP contribution < -0.4 is 5.32 Å².